The molecule has 0 saturated carbocycles. The Kier molecular flexibility index (Phi) is 6.41. The first-order valence-electron chi connectivity index (χ1n) is 4.55. The molecule has 0 aromatic carbocycles. The van der Waals surface area contributed by atoms with Gasteiger partial charge in [-0.15, -0.1) is 6.42 Å². The average molecular weight is 209 g/mol. The minimum Gasteiger partial charge on any atom is -0.505 e. The largest absolute Gasteiger partial charge is 0.505 e. The standard InChI is InChI=1S/C10H12N2O3/c1-3-5-6-8(13)9(12-11)10(14)15-7-4-2/h2H,3,5-7H2,1H3/p+1. The molecule has 0 aromatic heterocycles. The van der Waals surface area contributed by atoms with Crippen molar-refractivity contribution in [3.05, 3.63) is 16.4 Å². The van der Waals surface area contributed by atoms with Crippen LogP contribution in [0.2, 0.25) is 0 Å². The second-order valence-corrected chi connectivity index (χ2v) is 2.78. The summed E-state index contributed by atoms with van der Waals surface area (Å²) < 4.78 is 4.50. The number of carbonyl (C=O) groups excluding carboxylic acids is 1. The van der Waals surface area contributed by atoms with E-state index in [0.29, 0.717) is 6.42 Å². The van der Waals surface area contributed by atoms with Crippen molar-refractivity contribution in [2.24, 2.45) is 0 Å². The van der Waals surface area contributed by atoms with Gasteiger partial charge in [-0.05, 0) is 6.42 Å². The zero-order valence-electron chi connectivity index (χ0n) is 8.56. The van der Waals surface area contributed by atoms with Crippen molar-refractivity contribution in [2.45, 2.75) is 26.2 Å². The summed E-state index contributed by atoms with van der Waals surface area (Å²) >= 11 is 0. The Labute approximate surface area is 88.4 Å². The second kappa shape index (κ2) is 7.40. The van der Waals surface area contributed by atoms with Gasteiger partial charge in [-0.1, -0.05) is 19.3 Å². The molecule has 0 fully saturated rings. The number of esters is 1. The number of terminal acetylenes is 1. The van der Waals surface area contributed by atoms with Gasteiger partial charge in [-0.25, -0.2) is 4.79 Å². The lowest BCUT2D eigenvalue weighted by Crippen LogP contribution is -2.08. The summed E-state index contributed by atoms with van der Waals surface area (Å²) in [6, 6.07) is 0. The molecule has 0 bridgehead atoms. The lowest BCUT2D eigenvalue weighted by molar-refractivity contribution is -0.137. The normalized spacial score (nSPS) is 10.9. The molecule has 0 saturated heterocycles. The van der Waals surface area contributed by atoms with Crippen LogP contribution >= 0.6 is 0 Å². The molecule has 1 N–H and O–H groups in total. The second-order valence-electron chi connectivity index (χ2n) is 2.78. The number of hydrogen-bond acceptors (Lipinski definition) is 4. The maximum atomic E-state index is 11.1. The first kappa shape index (κ1) is 13.0. The van der Waals surface area contributed by atoms with Gasteiger partial charge < -0.3 is 9.84 Å². The molecule has 0 unspecified atom stereocenters. The molecule has 0 spiro atoms. The topological polar surface area (TPSA) is 74.7 Å². The van der Waals surface area contributed by atoms with Gasteiger partial charge in [0.1, 0.15) is 0 Å². The number of ether oxygens (including phenoxy) is 1. The van der Waals surface area contributed by atoms with E-state index < -0.39 is 11.7 Å². The fraction of sp³-hybridized carbons (Fsp3) is 0.500. The van der Waals surface area contributed by atoms with Crippen molar-refractivity contribution in [1.29, 1.82) is 5.39 Å². The Balaban J connectivity index is 4.53. The van der Waals surface area contributed by atoms with E-state index in [0.717, 1.165) is 6.42 Å². The van der Waals surface area contributed by atoms with Crippen molar-refractivity contribution < 1.29 is 14.6 Å². The van der Waals surface area contributed by atoms with Gasteiger partial charge >= 0.3 is 11.7 Å². The predicted molar refractivity (Wildman–Crippen MR) is 54.1 cm³/mol. The van der Waals surface area contributed by atoms with Gasteiger partial charge in [-0.3, -0.25) is 0 Å². The van der Waals surface area contributed by atoms with Gasteiger partial charge in [0.2, 0.25) is 5.39 Å². The first-order valence-corrected chi connectivity index (χ1v) is 4.55. The van der Waals surface area contributed by atoms with Crippen molar-refractivity contribution in [3.63, 3.8) is 0 Å². The van der Waals surface area contributed by atoms with Crippen LogP contribution in [-0.4, -0.2) is 17.7 Å². The fourth-order valence-electron chi connectivity index (χ4n) is 0.855. The quantitative estimate of drug-likeness (QED) is 0.247. The van der Waals surface area contributed by atoms with Crippen LogP contribution in [0.15, 0.2) is 11.5 Å². The molecule has 0 aliphatic carbocycles. The van der Waals surface area contributed by atoms with E-state index >= 15 is 0 Å². The third-order valence-corrected chi connectivity index (χ3v) is 1.62. The van der Waals surface area contributed by atoms with Crippen LogP contribution in [0.5, 0.6) is 0 Å². The van der Waals surface area contributed by atoms with E-state index in [9.17, 15) is 9.90 Å². The molecule has 0 radical (unpaired) electrons. The van der Waals surface area contributed by atoms with Crippen LogP contribution in [0, 0.1) is 17.7 Å². The van der Waals surface area contributed by atoms with Crippen LogP contribution in [0.3, 0.4) is 0 Å². The number of nitrogens with zero attached hydrogens (tertiary/aromatic N) is 2. The highest BCUT2D eigenvalue weighted by Gasteiger charge is 2.30. The van der Waals surface area contributed by atoms with Gasteiger partial charge in [0.05, 0.1) is 0 Å². The number of hydrogen-bond donors (Lipinski definition) is 1. The monoisotopic (exact) mass is 209 g/mol. The van der Waals surface area contributed by atoms with E-state index in [1.165, 1.54) is 0 Å². The fourth-order valence-corrected chi connectivity index (χ4v) is 0.855. The number of aliphatic hydroxyl groups excluding tert-OH is 1. The molecule has 0 rings (SSSR count). The number of carbonyl (C=O) groups is 1. The van der Waals surface area contributed by atoms with Crippen molar-refractivity contribution in [1.82, 2.24) is 0 Å². The minimum absolute atomic E-state index is 0.223. The van der Waals surface area contributed by atoms with Gasteiger partial charge in [0.15, 0.2) is 17.3 Å². The molecular weight excluding hydrogens is 196 g/mol. The highest BCUT2D eigenvalue weighted by molar-refractivity contribution is 5.90. The average Bonchev–Trinajstić information content (AvgIpc) is 2.24. The Bertz CT molecular complexity index is 334. The van der Waals surface area contributed by atoms with E-state index in [4.69, 9.17) is 11.8 Å². The molecule has 80 valence electrons. The minimum atomic E-state index is -0.927. The molecular formula is C10H13N2O3+. The third-order valence-electron chi connectivity index (χ3n) is 1.62. The zero-order chi connectivity index (χ0) is 11.7. The zero-order valence-corrected chi connectivity index (χ0v) is 8.56. The lowest BCUT2D eigenvalue weighted by Gasteiger charge is -1.95. The highest BCUT2D eigenvalue weighted by atomic mass is 16.5. The summed E-state index contributed by atoms with van der Waals surface area (Å²) in [7, 11) is 0. The molecule has 5 nitrogen and oxygen atoms in total. The van der Waals surface area contributed by atoms with E-state index in [1.54, 1.807) is 0 Å². The highest BCUT2D eigenvalue weighted by Crippen LogP contribution is 2.12. The number of aliphatic hydroxyl groups is 1. The third kappa shape index (κ3) is 4.68. The van der Waals surface area contributed by atoms with Gasteiger partial charge in [0, 0.05) is 6.42 Å². The Morgan fingerprint density at radius 3 is 2.80 bits per heavy atom. The van der Waals surface area contributed by atoms with Crippen molar-refractivity contribution >= 4 is 5.97 Å². The SMILES string of the molecule is C#CCOC(=O)/C([N+]#N)=C(\O)CCCC. The predicted octanol–water partition coefficient (Wildman–Crippen LogP) is 1.98. The molecule has 0 heterocycles. The van der Waals surface area contributed by atoms with Gasteiger partial charge in [-0.2, -0.15) is 0 Å². The van der Waals surface area contributed by atoms with Crippen LogP contribution in [0.1, 0.15) is 26.2 Å². The number of diazo groups is 1. The van der Waals surface area contributed by atoms with Crippen LogP contribution in [-0.2, 0) is 9.53 Å². The number of rotatable bonds is 5. The summed E-state index contributed by atoms with van der Waals surface area (Å²) in [5.41, 5.74) is -0.487. The summed E-state index contributed by atoms with van der Waals surface area (Å²) in [6.07, 6.45) is 6.68. The smallest absolute Gasteiger partial charge is 0.505 e. The maximum absolute atomic E-state index is 11.1. The van der Waals surface area contributed by atoms with Crippen LogP contribution in [0.4, 0.5) is 0 Å². The summed E-state index contributed by atoms with van der Waals surface area (Å²) in [4.78, 5) is 13.8. The molecule has 0 atom stereocenters. The molecule has 5 heteroatoms. The molecule has 0 aliphatic heterocycles. The number of allylic oxidation sites excluding steroid dienone is 1. The summed E-state index contributed by atoms with van der Waals surface area (Å²) in [5, 5.41) is 17.9. The summed E-state index contributed by atoms with van der Waals surface area (Å²) in [6.45, 7) is 1.71. The van der Waals surface area contributed by atoms with E-state index in [-0.39, 0.29) is 18.8 Å². The Hall–Kier alpha value is -2.01. The molecule has 0 aliphatic rings. The summed E-state index contributed by atoms with van der Waals surface area (Å²) in [5.74, 6) is 0.872. The van der Waals surface area contributed by atoms with E-state index in [2.05, 4.69) is 15.6 Å². The first-order chi connectivity index (χ1) is 7.17. The molecule has 0 aromatic rings. The maximum Gasteiger partial charge on any atom is 0.505 e. The lowest BCUT2D eigenvalue weighted by atomic mass is 10.2. The molecule has 0 amide bonds. The van der Waals surface area contributed by atoms with Gasteiger partial charge in [0.25, 0.3) is 0 Å². The van der Waals surface area contributed by atoms with E-state index in [1.807, 2.05) is 6.92 Å². The van der Waals surface area contributed by atoms with Crippen LogP contribution < -0.4 is 0 Å². The number of unbranched alkanes of at least 4 members (excludes halogenated alkanes) is 1. The Morgan fingerprint density at radius 2 is 2.33 bits per heavy atom. The molecule has 15 heavy (non-hydrogen) atoms. The Morgan fingerprint density at radius 1 is 1.67 bits per heavy atom. The van der Waals surface area contributed by atoms with Crippen molar-refractivity contribution in [3.8, 4) is 12.3 Å². The van der Waals surface area contributed by atoms with Crippen molar-refractivity contribution in [2.75, 3.05) is 6.61 Å². The van der Waals surface area contributed by atoms with Crippen LogP contribution in [0.25, 0.3) is 4.98 Å².